The van der Waals surface area contributed by atoms with Gasteiger partial charge in [0.2, 0.25) is 0 Å². The number of piperidine rings is 1. The number of aliphatic hydroxyl groups excluding tert-OH is 1. The van der Waals surface area contributed by atoms with Gasteiger partial charge in [-0.3, -0.25) is 0 Å². The number of hydrogen-bond acceptors (Lipinski definition) is 3. The van der Waals surface area contributed by atoms with Crippen molar-refractivity contribution >= 4 is 0 Å². The minimum Gasteiger partial charge on any atom is -0.387 e. The van der Waals surface area contributed by atoms with Gasteiger partial charge >= 0.3 is 6.18 Å². The van der Waals surface area contributed by atoms with Crippen molar-refractivity contribution in [1.82, 2.24) is 14.5 Å². The van der Waals surface area contributed by atoms with Gasteiger partial charge in [0.05, 0.1) is 11.7 Å². The highest BCUT2D eigenvalue weighted by Crippen LogP contribution is 2.35. The monoisotopic (exact) mass is 367 g/mol. The number of hydrogen-bond donors (Lipinski definition) is 1. The smallest absolute Gasteiger partial charge is 0.387 e. The van der Waals surface area contributed by atoms with Gasteiger partial charge < -0.3 is 14.6 Å². The third-order valence-electron chi connectivity index (χ3n) is 5.16. The predicted octanol–water partition coefficient (Wildman–Crippen LogP) is 3.43. The van der Waals surface area contributed by atoms with Crippen molar-refractivity contribution in [1.29, 1.82) is 0 Å². The molecule has 0 amide bonds. The molecule has 7 heteroatoms. The van der Waals surface area contributed by atoms with E-state index in [2.05, 4.69) is 4.98 Å². The topological polar surface area (TPSA) is 41.3 Å². The number of likely N-dealkylation sites (tertiary alicyclic amines) is 1. The van der Waals surface area contributed by atoms with Crippen molar-refractivity contribution in [2.24, 2.45) is 13.0 Å². The first kappa shape index (κ1) is 18.9. The molecule has 1 N–H and O–H groups in total. The summed E-state index contributed by atoms with van der Waals surface area (Å²) in [6.45, 7) is 1.78. The van der Waals surface area contributed by atoms with E-state index in [9.17, 15) is 18.3 Å². The van der Waals surface area contributed by atoms with Gasteiger partial charge in [0.15, 0.2) is 0 Å². The third kappa shape index (κ3) is 4.45. The average Bonchev–Trinajstić information content (AvgIpc) is 3.01. The SMILES string of the molecule is Cn1ccnc1CC1CCN(CC(O)c2ccccc2C(F)(F)F)CC1. The molecule has 0 spiro atoms. The summed E-state index contributed by atoms with van der Waals surface area (Å²) < 4.78 is 41.4. The Morgan fingerprint density at radius 3 is 2.54 bits per heavy atom. The van der Waals surface area contributed by atoms with E-state index in [0.717, 1.165) is 44.2 Å². The average molecular weight is 367 g/mol. The number of aromatic nitrogens is 2. The summed E-state index contributed by atoms with van der Waals surface area (Å²) in [7, 11) is 1.98. The van der Waals surface area contributed by atoms with Crippen LogP contribution in [0.2, 0.25) is 0 Å². The van der Waals surface area contributed by atoms with Crippen molar-refractivity contribution in [3.63, 3.8) is 0 Å². The van der Waals surface area contributed by atoms with E-state index in [4.69, 9.17) is 0 Å². The van der Waals surface area contributed by atoms with Crippen LogP contribution in [0, 0.1) is 5.92 Å². The molecule has 1 aliphatic rings. The van der Waals surface area contributed by atoms with Crippen LogP contribution in [0.25, 0.3) is 0 Å². The Bertz CT molecular complexity index is 721. The Balaban J connectivity index is 1.56. The number of aryl methyl sites for hydroxylation is 1. The van der Waals surface area contributed by atoms with E-state index in [0.29, 0.717) is 5.92 Å². The van der Waals surface area contributed by atoms with Gasteiger partial charge in [0.1, 0.15) is 5.82 Å². The first-order valence-corrected chi connectivity index (χ1v) is 8.87. The predicted molar refractivity (Wildman–Crippen MR) is 92.5 cm³/mol. The maximum absolute atomic E-state index is 13.1. The molecular weight excluding hydrogens is 343 g/mol. The van der Waals surface area contributed by atoms with Gasteiger partial charge in [-0.2, -0.15) is 13.2 Å². The molecule has 1 unspecified atom stereocenters. The lowest BCUT2D eigenvalue weighted by Gasteiger charge is -2.33. The van der Waals surface area contributed by atoms with Crippen LogP contribution < -0.4 is 0 Å². The zero-order chi connectivity index (χ0) is 18.7. The van der Waals surface area contributed by atoms with Gasteiger partial charge in [0.25, 0.3) is 0 Å². The highest BCUT2D eigenvalue weighted by atomic mass is 19.4. The molecule has 3 rings (SSSR count). The van der Waals surface area contributed by atoms with E-state index in [-0.39, 0.29) is 12.1 Å². The van der Waals surface area contributed by atoms with Crippen LogP contribution in [-0.4, -0.2) is 39.2 Å². The number of nitrogens with zero attached hydrogens (tertiary/aromatic N) is 3. The van der Waals surface area contributed by atoms with E-state index in [1.807, 2.05) is 22.7 Å². The van der Waals surface area contributed by atoms with E-state index in [1.165, 1.54) is 18.2 Å². The largest absolute Gasteiger partial charge is 0.416 e. The highest BCUT2D eigenvalue weighted by Gasteiger charge is 2.35. The van der Waals surface area contributed by atoms with Gasteiger partial charge in [0, 0.05) is 32.4 Å². The second-order valence-electron chi connectivity index (χ2n) is 7.00. The van der Waals surface area contributed by atoms with Gasteiger partial charge in [-0.05, 0) is 43.5 Å². The summed E-state index contributed by atoms with van der Waals surface area (Å²) in [6.07, 6.45) is 0.960. The lowest BCUT2D eigenvalue weighted by molar-refractivity contribution is -0.139. The number of alkyl halides is 3. The summed E-state index contributed by atoms with van der Waals surface area (Å²) in [4.78, 5) is 6.40. The number of imidazole rings is 1. The Kier molecular flexibility index (Phi) is 5.67. The molecule has 1 aliphatic heterocycles. The summed E-state index contributed by atoms with van der Waals surface area (Å²) >= 11 is 0. The first-order chi connectivity index (χ1) is 12.3. The van der Waals surface area contributed by atoms with E-state index >= 15 is 0 Å². The minimum absolute atomic E-state index is 0.0462. The van der Waals surface area contributed by atoms with Crippen LogP contribution in [0.5, 0.6) is 0 Å². The molecule has 1 fully saturated rings. The fraction of sp³-hybridized carbons (Fsp3) is 0.526. The summed E-state index contributed by atoms with van der Waals surface area (Å²) in [6, 6.07) is 5.27. The lowest BCUT2D eigenvalue weighted by Crippen LogP contribution is -2.37. The van der Waals surface area contributed by atoms with Crippen molar-refractivity contribution in [3.8, 4) is 0 Å². The number of halogens is 3. The molecular formula is C19H24F3N3O. The summed E-state index contributed by atoms with van der Waals surface area (Å²) in [5.74, 6) is 1.58. The van der Waals surface area contributed by atoms with Crippen molar-refractivity contribution in [2.45, 2.75) is 31.5 Å². The second-order valence-corrected chi connectivity index (χ2v) is 7.00. The van der Waals surface area contributed by atoms with Crippen molar-refractivity contribution in [2.75, 3.05) is 19.6 Å². The fourth-order valence-corrected chi connectivity index (χ4v) is 3.61. The molecule has 4 nitrogen and oxygen atoms in total. The number of benzene rings is 1. The van der Waals surface area contributed by atoms with Crippen molar-refractivity contribution in [3.05, 3.63) is 53.6 Å². The zero-order valence-corrected chi connectivity index (χ0v) is 14.8. The molecule has 1 saturated heterocycles. The highest BCUT2D eigenvalue weighted by molar-refractivity contribution is 5.31. The lowest BCUT2D eigenvalue weighted by atomic mass is 9.92. The van der Waals surface area contributed by atoms with Crippen LogP contribution in [0.1, 0.15) is 35.9 Å². The molecule has 0 radical (unpaired) electrons. The normalized spacial score (nSPS) is 18.2. The zero-order valence-electron chi connectivity index (χ0n) is 14.8. The van der Waals surface area contributed by atoms with Gasteiger partial charge in [-0.25, -0.2) is 4.98 Å². The maximum Gasteiger partial charge on any atom is 0.416 e. The Labute approximate surface area is 151 Å². The molecule has 2 heterocycles. The van der Waals surface area contributed by atoms with Gasteiger partial charge in [-0.15, -0.1) is 0 Å². The van der Waals surface area contributed by atoms with Crippen LogP contribution in [0.4, 0.5) is 13.2 Å². The quantitative estimate of drug-likeness (QED) is 0.880. The third-order valence-corrected chi connectivity index (χ3v) is 5.16. The van der Waals surface area contributed by atoms with Crippen LogP contribution in [0.15, 0.2) is 36.7 Å². The Hall–Kier alpha value is -1.86. The minimum atomic E-state index is -4.45. The molecule has 26 heavy (non-hydrogen) atoms. The maximum atomic E-state index is 13.1. The summed E-state index contributed by atoms with van der Waals surface area (Å²) in [5, 5.41) is 10.4. The molecule has 1 aromatic carbocycles. The van der Waals surface area contributed by atoms with E-state index < -0.39 is 17.8 Å². The first-order valence-electron chi connectivity index (χ1n) is 8.87. The molecule has 0 saturated carbocycles. The standard InChI is InChI=1S/C19H24F3N3O/c1-24-11-8-23-18(24)12-14-6-9-25(10-7-14)13-17(26)15-4-2-3-5-16(15)19(20,21)22/h2-5,8,11,14,17,26H,6-7,9-10,12-13H2,1H3. The van der Waals surface area contributed by atoms with Crippen LogP contribution >= 0.6 is 0 Å². The molecule has 0 bridgehead atoms. The van der Waals surface area contributed by atoms with Gasteiger partial charge in [-0.1, -0.05) is 18.2 Å². The van der Waals surface area contributed by atoms with Crippen molar-refractivity contribution < 1.29 is 18.3 Å². The molecule has 142 valence electrons. The molecule has 1 atom stereocenters. The second kappa shape index (κ2) is 7.80. The molecule has 2 aromatic rings. The van der Waals surface area contributed by atoms with Crippen LogP contribution in [-0.2, 0) is 19.6 Å². The number of rotatable bonds is 5. The van der Waals surface area contributed by atoms with Crippen LogP contribution in [0.3, 0.4) is 0 Å². The fourth-order valence-electron chi connectivity index (χ4n) is 3.61. The Morgan fingerprint density at radius 1 is 1.23 bits per heavy atom. The molecule has 1 aromatic heterocycles. The van der Waals surface area contributed by atoms with E-state index in [1.54, 1.807) is 6.20 Å². The number of aliphatic hydroxyl groups is 1. The summed E-state index contributed by atoms with van der Waals surface area (Å²) in [5.41, 5.74) is -0.799. The number of β-amino-alcohol motifs (C(OH)–C–C–N with tert-alkyl or cyclic N) is 1. The Morgan fingerprint density at radius 2 is 1.92 bits per heavy atom. The molecule has 0 aliphatic carbocycles.